The third-order valence-corrected chi connectivity index (χ3v) is 3.17. The zero-order valence-corrected chi connectivity index (χ0v) is 12.2. The van der Waals surface area contributed by atoms with Gasteiger partial charge in [-0.2, -0.15) is 0 Å². The van der Waals surface area contributed by atoms with E-state index in [0.29, 0.717) is 19.7 Å². The van der Waals surface area contributed by atoms with Gasteiger partial charge in [0.15, 0.2) is 0 Å². The third-order valence-electron chi connectivity index (χ3n) is 3.17. The lowest BCUT2D eigenvalue weighted by atomic mass is 9.95. The van der Waals surface area contributed by atoms with Crippen LogP contribution in [0.25, 0.3) is 0 Å². The fraction of sp³-hybridized carbons (Fsp3) is 0.917. The van der Waals surface area contributed by atoms with Crippen LogP contribution < -0.4 is 10.6 Å². The second kappa shape index (κ2) is 7.94. The standard InChI is InChI=1S/C12H24N2O3.ClH/c1-4-17-12(2,3)11(16)14-7-9-5-6-13-8-10(9)15;/h9-10,13,15H,4-8H2,1-3H3,(H,14,16);1H/t9-,10+;/m0./s1. The van der Waals surface area contributed by atoms with E-state index in [9.17, 15) is 9.90 Å². The van der Waals surface area contributed by atoms with E-state index in [1.807, 2.05) is 6.92 Å². The summed E-state index contributed by atoms with van der Waals surface area (Å²) >= 11 is 0. The Morgan fingerprint density at radius 3 is 2.78 bits per heavy atom. The second-order valence-electron chi connectivity index (χ2n) is 4.97. The van der Waals surface area contributed by atoms with Crippen LogP contribution in [0.1, 0.15) is 27.2 Å². The zero-order chi connectivity index (χ0) is 12.9. The molecule has 0 spiro atoms. The minimum absolute atomic E-state index is 0. The highest BCUT2D eigenvalue weighted by Gasteiger charge is 2.29. The molecule has 3 N–H and O–H groups in total. The third kappa shape index (κ3) is 5.10. The number of aliphatic hydroxyl groups excluding tert-OH is 1. The summed E-state index contributed by atoms with van der Waals surface area (Å²) in [5, 5.41) is 15.7. The quantitative estimate of drug-likeness (QED) is 0.678. The summed E-state index contributed by atoms with van der Waals surface area (Å²) in [6.07, 6.45) is 0.510. The van der Waals surface area contributed by atoms with Crippen molar-refractivity contribution >= 4 is 18.3 Å². The Bertz CT molecular complexity index is 262. The molecule has 0 bridgehead atoms. The van der Waals surface area contributed by atoms with Gasteiger partial charge in [0.05, 0.1) is 6.10 Å². The number of carbonyl (C=O) groups is 1. The minimum atomic E-state index is -0.799. The molecule has 108 valence electrons. The molecule has 1 aliphatic heterocycles. The molecule has 0 saturated carbocycles. The van der Waals surface area contributed by atoms with Crippen molar-refractivity contribution in [3.63, 3.8) is 0 Å². The normalized spacial score (nSPS) is 24.2. The number of nitrogens with one attached hydrogen (secondary N) is 2. The lowest BCUT2D eigenvalue weighted by Gasteiger charge is -2.30. The van der Waals surface area contributed by atoms with E-state index >= 15 is 0 Å². The van der Waals surface area contributed by atoms with E-state index < -0.39 is 5.60 Å². The van der Waals surface area contributed by atoms with Crippen LogP contribution in [0.5, 0.6) is 0 Å². The first kappa shape index (κ1) is 17.6. The molecule has 18 heavy (non-hydrogen) atoms. The van der Waals surface area contributed by atoms with E-state index in [1.165, 1.54) is 0 Å². The lowest BCUT2D eigenvalue weighted by molar-refractivity contribution is -0.142. The number of amides is 1. The summed E-state index contributed by atoms with van der Waals surface area (Å²) in [6.45, 7) is 7.90. The van der Waals surface area contributed by atoms with E-state index in [0.717, 1.165) is 13.0 Å². The van der Waals surface area contributed by atoms with Crippen molar-refractivity contribution in [3.05, 3.63) is 0 Å². The van der Waals surface area contributed by atoms with Gasteiger partial charge in [-0.3, -0.25) is 4.79 Å². The summed E-state index contributed by atoms with van der Waals surface area (Å²) in [4.78, 5) is 11.9. The molecule has 1 heterocycles. The maximum absolute atomic E-state index is 11.9. The summed E-state index contributed by atoms with van der Waals surface area (Å²) in [5.74, 6) is 0.0164. The molecule has 1 rings (SSSR count). The average molecular weight is 281 g/mol. The fourth-order valence-corrected chi connectivity index (χ4v) is 2.00. The number of rotatable bonds is 5. The molecule has 0 unspecified atom stereocenters. The van der Waals surface area contributed by atoms with Crippen molar-refractivity contribution in [2.45, 2.75) is 38.9 Å². The smallest absolute Gasteiger partial charge is 0.251 e. The Hall–Kier alpha value is -0.360. The molecule has 1 amide bonds. The lowest BCUT2D eigenvalue weighted by Crippen LogP contribution is -2.50. The summed E-state index contributed by atoms with van der Waals surface area (Å²) in [7, 11) is 0. The monoisotopic (exact) mass is 280 g/mol. The number of β-amino-alcohol motifs (C(OH)–C–C–N with tert-alkyl or cyclic N) is 1. The van der Waals surface area contributed by atoms with Crippen molar-refractivity contribution in [2.24, 2.45) is 5.92 Å². The average Bonchev–Trinajstić information content (AvgIpc) is 2.27. The largest absolute Gasteiger partial charge is 0.391 e. The highest BCUT2D eigenvalue weighted by Crippen LogP contribution is 2.13. The zero-order valence-electron chi connectivity index (χ0n) is 11.4. The van der Waals surface area contributed by atoms with E-state index in [4.69, 9.17) is 4.74 Å². The van der Waals surface area contributed by atoms with Gasteiger partial charge in [-0.15, -0.1) is 12.4 Å². The number of piperidine rings is 1. The summed E-state index contributed by atoms with van der Waals surface area (Å²) in [6, 6.07) is 0. The summed E-state index contributed by atoms with van der Waals surface area (Å²) in [5.41, 5.74) is -0.799. The number of ether oxygens (including phenoxy) is 1. The van der Waals surface area contributed by atoms with Crippen LogP contribution in [0.4, 0.5) is 0 Å². The van der Waals surface area contributed by atoms with Crippen molar-refractivity contribution in [3.8, 4) is 0 Å². The van der Waals surface area contributed by atoms with Crippen molar-refractivity contribution in [2.75, 3.05) is 26.2 Å². The minimum Gasteiger partial charge on any atom is -0.391 e. The molecular formula is C12H25ClN2O3. The van der Waals surface area contributed by atoms with E-state index in [2.05, 4.69) is 10.6 Å². The Labute approximate surface area is 115 Å². The highest BCUT2D eigenvalue weighted by molar-refractivity contribution is 5.85. The number of aliphatic hydroxyl groups is 1. The van der Waals surface area contributed by atoms with Gasteiger partial charge in [0.25, 0.3) is 5.91 Å². The van der Waals surface area contributed by atoms with Crippen molar-refractivity contribution in [1.82, 2.24) is 10.6 Å². The Morgan fingerprint density at radius 2 is 2.22 bits per heavy atom. The number of hydrogen-bond acceptors (Lipinski definition) is 4. The molecular weight excluding hydrogens is 256 g/mol. The maximum Gasteiger partial charge on any atom is 0.251 e. The molecule has 0 aromatic carbocycles. The molecule has 0 aliphatic carbocycles. The van der Waals surface area contributed by atoms with Crippen LogP contribution in [0.3, 0.4) is 0 Å². The molecule has 0 aromatic rings. The molecule has 6 heteroatoms. The first-order valence-electron chi connectivity index (χ1n) is 6.28. The SMILES string of the molecule is CCOC(C)(C)C(=O)NC[C@@H]1CCNC[C@H]1O.Cl. The Morgan fingerprint density at radius 1 is 1.56 bits per heavy atom. The Kier molecular flexibility index (Phi) is 7.78. The topological polar surface area (TPSA) is 70.6 Å². The maximum atomic E-state index is 11.9. The molecule has 5 nitrogen and oxygen atoms in total. The van der Waals surface area contributed by atoms with Gasteiger partial charge < -0.3 is 20.5 Å². The van der Waals surface area contributed by atoms with Gasteiger partial charge in [0.2, 0.25) is 0 Å². The van der Waals surface area contributed by atoms with Crippen LogP contribution in [0, 0.1) is 5.92 Å². The second-order valence-corrected chi connectivity index (χ2v) is 4.97. The molecule has 1 saturated heterocycles. The van der Waals surface area contributed by atoms with Gasteiger partial charge >= 0.3 is 0 Å². The Balaban J connectivity index is 0.00000289. The van der Waals surface area contributed by atoms with Crippen molar-refractivity contribution < 1.29 is 14.6 Å². The van der Waals surface area contributed by atoms with Crippen molar-refractivity contribution in [1.29, 1.82) is 0 Å². The van der Waals surface area contributed by atoms with Crippen LogP contribution in [-0.2, 0) is 9.53 Å². The van der Waals surface area contributed by atoms with E-state index in [-0.39, 0.29) is 30.3 Å². The first-order valence-corrected chi connectivity index (χ1v) is 6.28. The van der Waals surface area contributed by atoms with Crippen LogP contribution in [0.15, 0.2) is 0 Å². The fourth-order valence-electron chi connectivity index (χ4n) is 2.00. The molecule has 0 aromatic heterocycles. The molecule has 2 atom stereocenters. The van der Waals surface area contributed by atoms with Gasteiger partial charge in [-0.25, -0.2) is 0 Å². The molecule has 1 fully saturated rings. The van der Waals surface area contributed by atoms with Gasteiger partial charge in [0.1, 0.15) is 5.60 Å². The number of halogens is 1. The van der Waals surface area contributed by atoms with Gasteiger partial charge in [-0.1, -0.05) is 0 Å². The van der Waals surface area contributed by atoms with Crippen LogP contribution >= 0.6 is 12.4 Å². The number of hydrogen-bond donors (Lipinski definition) is 3. The molecule has 1 aliphatic rings. The predicted octanol–water partition coefficient (Wildman–Crippen LogP) is 0.310. The molecule has 0 radical (unpaired) electrons. The highest BCUT2D eigenvalue weighted by atomic mass is 35.5. The predicted molar refractivity (Wildman–Crippen MR) is 72.9 cm³/mol. The first-order chi connectivity index (χ1) is 7.97. The van der Waals surface area contributed by atoms with E-state index in [1.54, 1.807) is 13.8 Å². The van der Waals surface area contributed by atoms with Crippen LogP contribution in [-0.4, -0.2) is 49.0 Å². The summed E-state index contributed by atoms with van der Waals surface area (Å²) < 4.78 is 5.37. The van der Waals surface area contributed by atoms with Gasteiger partial charge in [-0.05, 0) is 33.7 Å². The van der Waals surface area contributed by atoms with Crippen LogP contribution in [0.2, 0.25) is 0 Å². The van der Waals surface area contributed by atoms with Gasteiger partial charge in [0, 0.05) is 25.6 Å². The number of carbonyl (C=O) groups excluding carboxylic acids is 1.